The molecule has 0 atom stereocenters. The van der Waals surface area contributed by atoms with Crippen molar-refractivity contribution in [1.29, 1.82) is 0 Å². The SMILES string of the molecule is O=C1CSc2c1ccc1ccccc21. The molecule has 14 heavy (non-hydrogen) atoms. The van der Waals surface area contributed by atoms with Crippen LogP contribution in [0.4, 0.5) is 0 Å². The minimum atomic E-state index is 0.260. The summed E-state index contributed by atoms with van der Waals surface area (Å²) in [5, 5.41) is 2.43. The summed E-state index contributed by atoms with van der Waals surface area (Å²) < 4.78 is 0. The van der Waals surface area contributed by atoms with Gasteiger partial charge in [0, 0.05) is 10.5 Å². The second kappa shape index (κ2) is 2.85. The average molecular weight is 200 g/mol. The monoisotopic (exact) mass is 200 g/mol. The van der Waals surface area contributed by atoms with Gasteiger partial charge in [0.15, 0.2) is 5.78 Å². The van der Waals surface area contributed by atoms with Gasteiger partial charge in [-0.15, -0.1) is 11.8 Å². The number of fused-ring (bicyclic) bond motifs is 3. The molecule has 0 fully saturated rings. The first-order chi connectivity index (χ1) is 6.86. The molecule has 2 heteroatoms. The van der Waals surface area contributed by atoms with Crippen LogP contribution in [0.25, 0.3) is 10.8 Å². The van der Waals surface area contributed by atoms with Gasteiger partial charge in [-0.3, -0.25) is 4.79 Å². The van der Waals surface area contributed by atoms with Gasteiger partial charge in [-0.05, 0) is 16.8 Å². The second-order valence-electron chi connectivity index (χ2n) is 3.38. The number of ketones is 1. The number of hydrogen-bond donors (Lipinski definition) is 0. The lowest BCUT2D eigenvalue weighted by atomic mass is 10.1. The first-order valence-corrected chi connectivity index (χ1v) is 5.52. The Morgan fingerprint density at radius 3 is 2.86 bits per heavy atom. The fourth-order valence-corrected chi connectivity index (χ4v) is 2.94. The van der Waals surface area contributed by atoms with E-state index in [4.69, 9.17) is 0 Å². The molecule has 1 heterocycles. The summed E-state index contributed by atoms with van der Waals surface area (Å²) in [4.78, 5) is 12.6. The van der Waals surface area contributed by atoms with Crippen molar-refractivity contribution >= 4 is 28.3 Å². The molecule has 68 valence electrons. The molecule has 2 aromatic rings. The van der Waals surface area contributed by atoms with E-state index in [-0.39, 0.29) is 5.78 Å². The fourth-order valence-electron chi connectivity index (χ4n) is 1.83. The maximum Gasteiger partial charge on any atom is 0.174 e. The molecule has 0 spiro atoms. The van der Waals surface area contributed by atoms with Gasteiger partial charge in [-0.2, -0.15) is 0 Å². The Kier molecular flexibility index (Phi) is 1.64. The Labute approximate surface area is 86.1 Å². The number of Topliss-reactive ketones (excluding diaryl/α,β-unsaturated/α-hetero) is 1. The quantitative estimate of drug-likeness (QED) is 0.650. The van der Waals surface area contributed by atoms with Gasteiger partial charge in [-0.25, -0.2) is 0 Å². The van der Waals surface area contributed by atoms with Crippen LogP contribution in [-0.4, -0.2) is 11.5 Å². The molecular formula is C12H8OS. The highest BCUT2D eigenvalue weighted by atomic mass is 32.2. The number of rotatable bonds is 0. The van der Waals surface area contributed by atoms with E-state index in [1.54, 1.807) is 11.8 Å². The van der Waals surface area contributed by atoms with Gasteiger partial charge in [0.1, 0.15) is 0 Å². The van der Waals surface area contributed by atoms with Crippen LogP contribution in [0.15, 0.2) is 41.3 Å². The molecule has 0 aliphatic carbocycles. The Balaban J connectivity index is 2.44. The molecule has 0 bridgehead atoms. The Bertz CT molecular complexity index is 531. The van der Waals surface area contributed by atoms with Crippen LogP contribution >= 0.6 is 11.8 Å². The van der Waals surface area contributed by atoms with E-state index in [1.807, 2.05) is 24.3 Å². The molecule has 1 aliphatic heterocycles. The summed E-state index contributed by atoms with van der Waals surface area (Å²) >= 11 is 1.66. The standard InChI is InChI=1S/C12H8OS/c13-11-7-14-12-9-4-2-1-3-8(9)5-6-10(11)12/h1-6H,7H2. The predicted octanol–water partition coefficient (Wildman–Crippen LogP) is 3.13. The minimum Gasteiger partial charge on any atom is -0.293 e. The zero-order valence-corrected chi connectivity index (χ0v) is 8.30. The number of carbonyl (C=O) groups excluding carboxylic acids is 1. The van der Waals surface area contributed by atoms with E-state index >= 15 is 0 Å². The van der Waals surface area contributed by atoms with Crippen molar-refractivity contribution in [2.75, 3.05) is 5.75 Å². The number of benzene rings is 2. The fraction of sp³-hybridized carbons (Fsp3) is 0.0833. The van der Waals surface area contributed by atoms with E-state index in [2.05, 4.69) is 12.1 Å². The Morgan fingerprint density at radius 2 is 1.93 bits per heavy atom. The van der Waals surface area contributed by atoms with Gasteiger partial charge >= 0.3 is 0 Å². The highest BCUT2D eigenvalue weighted by Gasteiger charge is 2.21. The van der Waals surface area contributed by atoms with Gasteiger partial charge < -0.3 is 0 Å². The number of carbonyl (C=O) groups is 1. The summed E-state index contributed by atoms with van der Waals surface area (Å²) in [6, 6.07) is 12.2. The van der Waals surface area contributed by atoms with Crippen LogP contribution in [0.5, 0.6) is 0 Å². The van der Waals surface area contributed by atoms with E-state index < -0.39 is 0 Å². The smallest absolute Gasteiger partial charge is 0.174 e. The number of hydrogen-bond acceptors (Lipinski definition) is 2. The summed E-state index contributed by atoms with van der Waals surface area (Å²) in [5.41, 5.74) is 0.897. The summed E-state index contributed by atoms with van der Waals surface area (Å²) in [7, 11) is 0. The van der Waals surface area contributed by atoms with Gasteiger partial charge in [0.25, 0.3) is 0 Å². The largest absolute Gasteiger partial charge is 0.293 e. The highest BCUT2D eigenvalue weighted by molar-refractivity contribution is 8.00. The van der Waals surface area contributed by atoms with Gasteiger partial charge in [0.05, 0.1) is 5.75 Å². The maximum absolute atomic E-state index is 11.5. The summed E-state index contributed by atoms with van der Waals surface area (Å²) in [6.45, 7) is 0. The lowest BCUT2D eigenvalue weighted by Gasteiger charge is -2.02. The first kappa shape index (κ1) is 8.06. The first-order valence-electron chi connectivity index (χ1n) is 4.54. The molecule has 0 radical (unpaired) electrons. The van der Waals surface area contributed by atoms with Crippen LogP contribution in [0.1, 0.15) is 10.4 Å². The molecule has 2 aromatic carbocycles. The van der Waals surface area contributed by atoms with E-state index in [0.717, 1.165) is 10.5 Å². The van der Waals surface area contributed by atoms with Crippen molar-refractivity contribution < 1.29 is 4.79 Å². The predicted molar refractivity (Wildman–Crippen MR) is 59.0 cm³/mol. The molecule has 0 saturated heterocycles. The summed E-state index contributed by atoms with van der Waals surface area (Å²) in [5.74, 6) is 0.860. The third-order valence-electron chi connectivity index (χ3n) is 2.53. The molecule has 0 unspecified atom stereocenters. The van der Waals surface area contributed by atoms with Crippen molar-refractivity contribution in [2.45, 2.75) is 4.90 Å². The molecular weight excluding hydrogens is 192 g/mol. The van der Waals surface area contributed by atoms with E-state index in [9.17, 15) is 4.79 Å². The van der Waals surface area contributed by atoms with Crippen molar-refractivity contribution in [3.05, 3.63) is 42.0 Å². The molecule has 0 amide bonds. The van der Waals surface area contributed by atoms with E-state index in [0.29, 0.717) is 5.75 Å². The zero-order valence-electron chi connectivity index (χ0n) is 7.49. The average Bonchev–Trinajstić information content (AvgIpc) is 2.61. The van der Waals surface area contributed by atoms with Crippen molar-refractivity contribution in [2.24, 2.45) is 0 Å². The van der Waals surface area contributed by atoms with E-state index in [1.165, 1.54) is 10.8 Å². The minimum absolute atomic E-state index is 0.260. The maximum atomic E-state index is 11.5. The molecule has 0 aromatic heterocycles. The normalized spacial score (nSPS) is 14.7. The lowest BCUT2D eigenvalue weighted by Crippen LogP contribution is -1.94. The van der Waals surface area contributed by atoms with Gasteiger partial charge in [-0.1, -0.05) is 30.3 Å². The van der Waals surface area contributed by atoms with Crippen LogP contribution in [-0.2, 0) is 0 Å². The molecule has 1 nitrogen and oxygen atoms in total. The van der Waals surface area contributed by atoms with Crippen molar-refractivity contribution in [3.8, 4) is 0 Å². The van der Waals surface area contributed by atoms with Crippen LogP contribution in [0.2, 0.25) is 0 Å². The zero-order chi connectivity index (χ0) is 9.54. The van der Waals surface area contributed by atoms with Crippen LogP contribution in [0, 0.1) is 0 Å². The number of thioether (sulfide) groups is 1. The van der Waals surface area contributed by atoms with Gasteiger partial charge in [0.2, 0.25) is 0 Å². The topological polar surface area (TPSA) is 17.1 Å². The second-order valence-corrected chi connectivity index (χ2v) is 4.36. The lowest BCUT2D eigenvalue weighted by molar-refractivity contribution is 0.102. The van der Waals surface area contributed by atoms with Crippen LogP contribution in [0.3, 0.4) is 0 Å². The highest BCUT2D eigenvalue weighted by Crippen LogP contribution is 2.37. The molecule has 0 N–H and O–H groups in total. The Hall–Kier alpha value is -1.28. The Morgan fingerprint density at radius 1 is 1.07 bits per heavy atom. The van der Waals surface area contributed by atoms with Crippen LogP contribution < -0.4 is 0 Å². The summed E-state index contributed by atoms with van der Waals surface area (Å²) in [6.07, 6.45) is 0. The van der Waals surface area contributed by atoms with Crippen molar-refractivity contribution in [3.63, 3.8) is 0 Å². The molecule has 0 saturated carbocycles. The molecule has 3 rings (SSSR count). The third kappa shape index (κ3) is 1.01. The van der Waals surface area contributed by atoms with Crippen molar-refractivity contribution in [1.82, 2.24) is 0 Å². The molecule has 1 aliphatic rings. The third-order valence-corrected chi connectivity index (χ3v) is 3.66.